The van der Waals surface area contributed by atoms with Crippen LogP contribution in [0.4, 0.5) is 16.2 Å². The van der Waals surface area contributed by atoms with Crippen LogP contribution in [0.1, 0.15) is 18.7 Å². The molecular formula is C29H33N5O3S3. The number of aromatic nitrogens is 2. The predicted octanol–water partition coefficient (Wildman–Crippen LogP) is 5.61. The van der Waals surface area contributed by atoms with Gasteiger partial charge in [0.05, 0.1) is 21.5 Å². The number of pyridine rings is 1. The number of nitrogens with zero attached hydrogens (tertiary/aromatic N) is 4. The van der Waals surface area contributed by atoms with Gasteiger partial charge in [-0.05, 0) is 61.4 Å². The molecular weight excluding hydrogens is 563 g/mol. The molecule has 0 spiro atoms. The van der Waals surface area contributed by atoms with Gasteiger partial charge in [-0.2, -0.15) is 0 Å². The van der Waals surface area contributed by atoms with Gasteiger partial charge in [0, 0.05) is 62.3 Å². The van der Waals surface area contributed by atoms with Crippen LogP contribution >= 0.6 is 22.5 Å². The van der Waals surface area contributed by atoms with E-state index in [9.17, 15) is 13.2 Å². The maximum atomic E-state index is 13.4. The van der Waals surface area contributed by atoms with Gasteiger partial charge < -0.3 is 19.5 Å². The van der Waals surface area contributed by atoms with Crippen molar-refractivity contribution < 1.29 is 13.2 Å². The fourth-order valence-corrected chi connectivity index (χ4v) is 7.31. The monoisotopic (exact) mass is 595 g/mol. The number of carbonyl (C=O) groups is 1. The number of rotatable bonds is 7. The van der Waals surface area contributed by atoms with E-state index in [2.05, 4.69) is 21.4 Å². The highest BCUT2D eigenvalue weighted by molar-refractivity contribution is 8.68. The number of anilines is 2. The van der Waals surface area contributed by atoms with E-state index in [4.69, 9.17) is 4.98 Å². The van der Waals surface area contributed by atoms with Gasteiger partial charge in [0.15, 0.2) is 9.84 Å². The van der Waals surface area contributed by atoms with Crippen molar-refractivity contribution in [3.63, 3.8) is 0 Å². The molecule has 2 aromatic carbocycles. The number of fused-ring (bicyclic) bond motifs is 1. The van der Waals surface area contributed by atoms with Gasteiger partial charge >= 0.3 is 6.03 Å². The molecule has 0 saturated carbocycles. The number of urea groups is 1. The highest BCUT2D eigenvalue weighted by Crippen LogP contribution is 2.40. The van der Waals surface area contributed by atoms with E-state index >= 15 is 0 Å². The molecule has 0 aliphatic carbocycles. The van der Waals surface area contributed by atoms with Crippen molar-refractivity contribution in [2.24, 2.45) is 0 Å². The van der Waals surface area contributed by atoms with E-state index in [-0.39, 0.29) is 10.9 Å². The van der Waals surface area contributed by atoms with Gasteiger partial charge in [-0.25, -0.2) is 18.2 Å². The van der Waals surface area contributed by atoms with Crippen molar-refractivity contribution in [2.75, 3.05) is 49.4 Å². The Bertz CT molecular complexity index is 1620. The number of hydrogen-bond acceptors (Lipinski definition) is 7. The third-order valence-electron chi connectivity index (χ3n) is 7.42. The lowest BCUT2D eigenvalue weighted by atomic mass is 9.80. The molecule has 1 N–H and O–H groups in total. The number of carbonyl (C=O) groups excluding carboxylic acids is 1. The normalized spacial score (nSPS) is 17.6. The Morgan fingerprint density at radius 2 is 1.82 bits per heavy atom. The van der Waals surface area contributed by atoms with E-state index in [0.717, 1.165) is 46.8 Å². The summed E-state index contributed by atoms with van der Waals surface area (Å²) in [5.41, 5.74) is 3.93. The molecule has 40 heavy (non-hydrogen) atoms. The second-order valence-corrected chi connectivity index (χ2v) is 13.8. The first-order chi connectivity index (χ1) is 19.1. The summed E-state index contributed by atoms with van der Waals surface area (Å²) < 4.78 is 26.1. The Morgan fingerprint density at radius 1 is 1.10 bits per heavy atom. The van der Waals surface area contributed by atoms with Crippen molar-refractivity contribution in [1.29, 1.82) is 0 Å². The molecule has 1 atom stereocenters. The smallest absolute Gasteiger partial charge is 0.321 e. The summed E-state index contributed by atoms with van der Waals surface area (Å²) in [7, 11) is 2.12. The predicted molar refractivity (Wildman–Crippen MR) is 167 cm³/mol. The fourth-order valence-electron chi connectivity index (χ4n) is 5.32. The maximum Gasteiger partial charge on any atom is 0.321 e. The standard InChI is InChI=1S/C29H33N5O3S3/c1-32(2)23-12-10-22(11-13-23)30-28(35)33-17-6-16-29(19-33,20-39-38)27-31-26(25-7-4-5-18-34(25)27)21-8-14-24(15-9-21)40(3,36)37/h4-5,7-15,18,38H,6,16-17,19-20H2,1-3H3,(H,30,35)/t29-/m0/s1. The molecule has 1 fully saturated rings. The third kappa shape index (κ3) is 5.68. The first-order valence-corrected chi connectivity index (χ1v) is 16.9. The van der Waals surface area contributed by atoms with Gasteiger partial charge in [0.2, 0.25) is 0 Å². The minimum Gasteiger partial charge on any atom is -0.378 e. The zero-order valence-electron chi connectivity index (χ0n) is 22.7. The van der Waals surface area contributed by atoms with Crippen molar-refractivity contribution in [3.05, 3.63) is 78.8 Å². The van der Waals surface area contributed by atoms with Gasteiger partial charge in [-0.3, -0.25) is 0 Å². The largest absolute Gasteiger partial charge is 0.378 e. The van der Waals surface area contributed by atoms with Crippen molar-refractivity contribution >= 4 is 55.2 Å². The summed E-state index contributed by atoms with van der Waals surface area (Å²) in [4.78, 5) is 22.7. The Hall–Kier alpha value is -3.15. The van der Waals surface area contributed by atoms with E-state index in [0.29, 0.717) is 18.8 Å². The second-order valence-electron chi connectivity index (χ2n) is 10.5. The SMILES string of the molecule is CN(C)c1ccc(NC(=O)N2CCC[C@](CSS)(c3nc(-c4ccc(S(C)(=O)=O)cc4)c4ccccn34)C2)cc1. The molecule has 0 unspecified atom stereocenters. The van der Waals surface area contributed by atoms with Crippen molar-refractivity contribution in [1.82, 2.24) is 14.3 Å². The minimum atomic E-state index is -3.30. The number of hydrogen-bond donors (Lipinski definition) is 2. The topological polar surface area (TPSA) is 87.0 Å². The van der Waals surface area contributed by atoms with Gasteiger partial charge in [0.25, 0.3) is 0 Å². The number of nitrogens with one attached hydrogen (secondary N) is 1. The van der Waals surface area contributed by atoms with Crippen molar-refractivity contribution in [3.8, 4) is 11.3 Å². The lowest BCUT2D eigenvalue weighted by molar-refractivity contribution is 0.165. The van der Waals surface area contributed by atoms with Gasteiger partial charge in [-0.15, -0.1) is 11.7 Å². The number of imidazole rings is 1. The molecule has 11 heteroatoms. The Morgan fingerprint density at radius 3 is 2.48 bits per heavy atom. The Balaban J connectivity index is 1.48. The zero-order chi connectivity index (χ0) is 28.5. The zero-order valence-corrected chi connectivity index (χ0v) is 25.3. The molecule has 0 bridgehead atoms. The minimum absolute atomic E-state index is 0.136. The maximum absolute atomic E-state index is 13.4. The van der Waals surface area contributed by atoms with E-state index in [1.807, 2.05) is 72.6 Å². The summed E-state index contributed by atoms with van der Waals surface area (Å²) in [6.45, 7) is 1.16. The molecule has 8 nitrogen and oxygen atoms in total. The Labute approximate surface area is 244 Å². The quantitative estimate of drug-likeness (QED) is 0.213. The molecule has 1 aliphatic rings. The number of amides is 2. The van der Waals surface area contributed by atoms with Crippen LogP contribution in [0.2, 0.25) is 0 Å². The summed E-state index contributed by atoms with van der Waals surface area (Å²) in [5, 5.41) is 3.06. The van der Waals surface area contributed by atoms with Crippen molar-refractivity contribution in [2.45, 2.75) is 23.2 Å². The number of piperidine rings is 1. The average molecular weight is 596 g/mol. The first-order valence-electron chi connectivity index (χ1n) is 13.0. The lowest BCUT2D eigenvalue weighted by Crippen LogP contribution is -2.51. The average Bonchev–Trinajstić information content (AvgIpc) is 3.34. The number of benzene rings is 2. The second kappa shape index (κ2) is 11.4. The van der Waals surface area contributed by atoms with Crippen LogP contribution in [0.5, 0.6) is 0 Å². The van der Waals surface area contributed by atoms with Crippen LogP contribution in [0.25, 0.3) is 16.8 Å². The summed E-state index contributed by atoms with van der Waals surface area (Å²) in [5.74, 6) is 1.55. The highest BCUT2D eigenvalue weighted by Gasteiger charge is 2.42. The van der Waals surface area contributed by atoms with E-state index in [1.165, 1.54) is 17.0 Å². The molecule has 2 aromatic heterocycles. The summed E-state index contributed by atoms with van der Waals surface area (Å²) in [6, 6.07) is 20.5. The fraction of sp³-hybridized carbons (Fsp3) is 0.310. The summed E-state index contributed by atoms with van der Waals surface area (Å²) in [6.07, 6.45) is 4.90. The number of sulfone groups is 1. The third-order valence-corrected chi connectivity index (χ3v) is 9.62. The van der Waals surface area contributed by atoms with Crippen LogP contribution < -0.4 is 10.2 Å². The first kappa shape index (κ1) is 28.4. The van der Waals surface area contributed by atoms with Crippen LogP contribution in [-0.2, 0) is 15.3 Å². The van der Waals surface area contributed by atoms with E-state index in [1.54, 1.807) is 24.3 Å². The van der Waals surface area contributed by atoms with Gasteiger partial charge in [-0.1, -0.05) is 29.0 Å². The molecule has 1 saturated heterocycles. The van der Waals surface area contributed by atoms with Crippen LogP contribution in [0, 0.1) is 0 Å². The molecule has 210 valence electrons. The molecule has 4 aromatic rings. The van der Waals surface area contributed by atoms with Crippen LogP contribution in [0.3, 0.4) is 0 Å². The molecule has 2 amide bonds. The number of likely N-dealkylation sites (tertiary alicyclic amines) is 1. The Kier molecular flexibility index (Phi) is 8.08. The highest BCUT2D eigenvalue weighted by atomic mass is 33.1. The summed E-state index contributed by atoms with van der Waals surface area (Å²) >= 11 is 4.53. The lowest BCUT2D eigenvalue weighted by Gasteiger charge is -2.41. The van der Waals surface area contributed by atoms with Gasteiger partial charge in [0.1, 0.15) is 5.82 Å². The molecule has 0 radical (unpaired) electrons. The van der Waals surface area contributed by atoms with E-state index < -0.39 is 15.3 Å². The molecule has 1 aliphatic heterocycles. The molecule has 3 heterocycles. The van der Waals surface area contributed by atoms with Crippen LogP contribution in [-0.4, -0.2) is 67.9 Å². The number of thiol groups is 1. The molecule has 5 rings (SSSR count). The van der Waals surface area contributed by atoms with Crippen LogP contribution in [0.15, 0.2) is 77.8 Å².